The van der Waals surface area contributed by atoms with E-state index >= 15 is 0 Å². The van der Waals surface area contributed by atoms with Gasteiger partial charge in [0.2, 0.25) is 5.95 Å². The van der Waals surface area contributed by atoms with E-state index in [2.05, 4.69) is 50.2 Å². The fourth-order valence-corrected chi connectivity index (χ4v) is 2.32. The molecule has 0 radical (unpaired) electrons. The molecule has 0 aliphatic heterocycles. The number of halogens is 1. The van der Waals surface area contributed by atoms with Gasteiger partial charge in [-0.15, -0.1) is 0 Å². The topological polar surface area (TPSA) is 42.2 Å². The van der Waals surface area contributed by atoms with E-state index in [9.17, 15) is 0 Å². The predicted molar refractivity (Wildman–Crippen MR) is 91.1 cm³/mol. The lowest BCUT2D eigenvalue weighted by molar-refractivity contribution is 0.943. The molecule has 0 fully saturated rings. The standard InChI is InChI=1S/C15H13IN4/c1-20-14-5-3-2-4-13(14)18-15(20)19-17-10-11-6-8-12(16)9-7-11/h2-10H,1H3,(H,18,19)/b17-10-. The maximum Gasteiger partial charge on any atom is 0.224 e. The first-order valence-corrected chi connectivity index (χ1v) is 7.28. The van der Waals surface area contributed by atoms with Gasteiger partial charge in [0, 0.05) is 10.6 Å². The molecule has 0 amide bonds. The van der Waals surface area contributed by atoms with Crippen LogP contribution in [0.1, 0.15) is 5.56 Å². The fourth-order valence-electron chi connectivity index (χ4n) is 1.96. The number of hydrazone groups is 1. The highest BCUT2D eigenvalue weighted by Crippen LogP contribution is 2.17. The van der Waals surface area contributed by atoms with Crippen LogP contribution in [0.3, 0.4) is 0 Å². The SMILES string of the molecule is Cn1c(N/N=C\c2ccc(I)cc2)nc2ccccc21. The second-order valence-electron chi connectivity index (χ2n) is 4.40. The third-order valence-corrected chi connectivity index (χ3v) is 3.75. The van der Waals surface area contributed by atoms with Gasteiger partial charge in [-0.05, 0) is 52.4 Å². The van der Waals surface area contributed by atoms with Crippen LogP contribution in [-0.4, -0.2) is 15.8 Å². The number of benzene rings is 2. The van der Waals surface area contributed by atoms with Crippen molar-refractivity contribution in [1.29, 1.82) is 0 Å². The van der Waals surface area contributed by atoms with Crippen LogP contribution in [-0.2, 0) is 7.05 Å². The zero-order valence-corrected chi connectivity index (χ0v) is 13.1. The van der Waals surface area contributed by atoms with Crippen molar-refractivity contribution in [2.45, 2.75) is 0 Å². The molecule has 0 bridgehead atoms. The van der Waals surface area contributed by atoms with Crippen LogP contribution in [0.25, 0.3) is 11.0 Å². The van der Waals surface area contributed by atoms with Crippen LogP contribution in [0.15, 0.2) is 53.6 Å². The highest BCUT2D eigenvalue weighted by atomic mass is 127. The number of nitrogens with zero attached hydrogens (tertiary/aromatic N) is 3. The van der Waals surface area contributed by atoms with Crippen molar-refractivity contribution in [3.8, 4) is 0 Å². The molecular formula is C15H13IN4. The van der Waals surface area contributed by atoms with E-state index in [1.165, 1.54) is 3.57 Å². The first-order valence-electron chi connectivity index (χ1n) is 6.20. The summed E-state index contributed by atoms with van der Waals surface area (Å²) in [4.78, 5) is 4.49. The zero-order chi connectivity index (χ0) is 13.9. The molecule has 0 saturated carbocycles. The zero-order valence-electron chi connectivity index (χ0n) is 10.9. The molecule has 5 heteroatoms. The van der Waals surface area contributed by atoms with Crippen molar-refractivity contribution >= 4 is 45.8 Å². The maximum absolute atomic E-state index is 4.49. The van der Waals surface area contributed by atoms with E-state index in [4.69, 9.17) is 0 Å². The van der Waals surface area contributed by atoms with Gasteiger partial charge in [0.25, 0.3) is 0 Å². The van der Waals surface area contributed by atoms with Crippen molar-refractivity contribution in [3.63, 3.8) is 0 Å². The molecular weight excluding hydrogens is 363 g/mol. The summed E-state index contributed by atoms with van der Waals surface area (Å²) < 4.78 is 3.20. The summed E-state index contributed by atoms with van der Waals surface area (Å²) in [5.74, 6) is 0.730. The molecule has 1 heterocycles. The Labute approximate surface area is 130 Å². The summed E-state index contributed by atoms with van der Waals surface area (Å²) in [7, 11) is 1.97. The average Bonchev–Trinajstić information content (AvgIpc) is 2.78. The van der Waals surface area contributed by atoms with Gasteiger partial charge in [-0.3, -0.25) is 0 Å². The Morgan fingerprint density at radius 3 is 2.65 bits per heavy atom. The highest BCUT2D eigenvalue weighted by Gasteiger charge is 2.04. The first-order chi connectivity index (χ1) is 9.74. The number of fused-ring (bicyclic) bond motifs is 1. The largest absolute Gasteiger partial charge is 0.312 e. The number of rotatable bonds is 3. The molecule has 0 unspecified atom stereocenters. The quantitative estimate of drug-likeness (QED) is 0.431. The molecule has 0 aliphatic rings. The molecule has 0 atom stereocenters. The lowest BCUT2D eigenvalue weighted by atomic mass is 10.2. The lowest BCUT2D eigenvalue weighted by Gasteiger charge is -2.00. The van der Waals surface area contributed by atoms with Gasteiger partial charge in [-0.2, -0.15) is 5.10 Å². The Bertz CT molecular complexity index is 759. The summed E-state index contributed by atoms with van der Waals surface area (Å²) in [6.45, 7) is 0. The summed E-state index contributed by atoms with van der Waals surface area (Å²) in [5, 5.41) is 4.24. The van der Waals surface area contributed by atoms with Crippen molar-refractivity contribution in [2.75, 3.05) is 5.43 Å². The number of nitrogens with one attached hydrogen (secondary N) is 1. The van der Waals surface area contributed by atoms with Crippen LogP contribution in [0.5, 0.6) is 0 Å². The van der Waals surface area contributed by atoms with Crippen molar-refractivity contribution in [3.05, 3.63) is 57.7 Å². The predicted octanol–water partition coefficient (Wildman–Crippen LogP) is 3.62. The second-order valence-corrected chi connectivity index (χ2v) is 5.65. The molecule has 1 N–H and O–H groups in total. The first kappa shape index (κ1) is 13.1. The smallest absolute Gasteiger partial charge is 0.224 e. The van der Waals surface area contributed by atoms with Gasteiger partial charge < -0.3 is 4.57 Å². The van der Waals surface area contributed by atoms with Crippen molar-refractivity contribution < 1.29 is 0 Å². The van der Waals surface area contributed by atoms with Crippen LogP contribution < -0.4 is 5.43 Å². The molecule has 20 heavy (non-hydrogen) atoms. The Balaban J connectivity index is 1.80. The summed E-state index contributed by atoms with van der Waals surface area (Å²) in [6.07, 6.45) is 1.79. The van der Waals surface area contributed by atoms with Gasteiger partial charge in [0.15, 0.2) is 0 Å². The highest BCUT2D eigenvalue weighted by molar-refractivity contribution is 14.1. The van der Waals surface area contributed by atoms with Crippen LogP contribution in [0, 0.1) is 3.57 Å². The van der Waals surface area contributed by atoms with E-state index in [0.29, 0.717) is 0 Å². The molecule has 4 nitrogen and oxygen atoms in total. The molecule has 3 aromatic rings. The second kappa shape index (κ2) is 5.62. The summed E-state index contributed by atoms with van der Waals surface area (Å²) in [6, 6.07) is 16.2. The minimum absolute atomic E-state index is 0.730. The third kappa shape index (κ3) is 2.67. The fraction of sp³-hybridized carbons (Fsp3) is 0.0667. The third-order valence-electron chi connectivity index (χ3n) is 3.04. The van der Waals surface area contributed by atoms with E-state index < -0.39 is 0 Å². The van der Waals surface area contributed by atoms with E-state index in [1.807, 2.05) is 48.0 Å². The van der Waals surface area contributed by atoms with Gasteiger partial charge in [0.1, 0.15) is 0 Å². The number of anilines is 1. The molecule has 0 saturated heterocycles. The van der Waals surface area contributed by atoms with Crippen LogP contribution >= 0.6 is 22.6 Å². The van der Waals surface area contributed by atoms with Gasteiger partial charge >= 0.3 is 0 Å². The van der Waals surface area contributed by atoms with E-state index in [0.717, 1.165) is 22.5 Å². The van der Waals surface area contributed by atoms with Crippen LogP contribution in [0.2, 0.25) is 0 Å². The monoisotopic (exact) mass is 376 g/mol. The minimum atomic E-state index is 0.730. The Morgan fingerprint density at radius 2 is 1.90 bits per heavy atom. The van der Waals surface area contributed by atoms with Crippen molar-refractivity contribution in [2.24, 2.45) is 12.1 Å². The lowest BCUT2D eigenvalue weighted by Crippen LogP contribution is -1.98. The minimum Gasteiger partial charge on any atom is -0.312 e. The molecule has 100 valence electrons. The number of hydrogen-bond acceptors (Lipinski definition) is 3. The van der Waals surface area contributed by atoms with Crippen LogP contribution in [0.4, 0.5) is 5.95 Å². The Morgan fingerprint density at radius 1 is 1.15 bits per heavy atom. The summed E-state index contributed by atoms with van der Waals surface area (Å²) >= 11 is 2.28. The number of para-hydroxylation sites is 2. The van der Waals surface area contributed by atoms with Gasteiger partial charge in [0.05, 0.1) is 17.2 Å². The van der Waals surface area contributed by atoms with Gasteiger partial charge in [-0.25, -0.2) is 10.4 Å². The average molecular weight is 376 g/mol. The number of hydrogen-bond donors (Lipinski definition) is 1. The molecule has 1 aromatic heterocycles. The van der Waals surface area contributed by atoms with Crippen molar-refractivity contribution in [1.82, 2.24) is 9.55 Å². The molecule has 0 spiro atoms. The Hall–Kier alpha value is -1.89. The Kier molecular flexibility index (Phi) is 3.68. The number of imidazole rings is 1. The molecule has 2 aromatic carbocycles. The van der Waals surface area contributed by atoms with E-state index in [-0.39, 0.29) is 0 Å². The molecule has 3 rings (SSSR count). The van der Waals surface area contributed by atoms with Gasteiger partial charge in [-0.1, -0.05) is 24.3 Å². The number of aromatic nitrogens is 2. The number of aryl methyl sites for hydroxylation is 1. The summed E-state index contributed by atoms with van der Waals surface area (Å²) in [5.41, 5.74) is 6.08. The van der Waals surface area contributed by atoms with E-state index in [1.54, 1.807) is 6.21 Å². The maximum atomic E-state index is 4.49. The molecule has 0 aliphatic carbocycles. The normalized spacial score (nSPS) is 11.3.